The van der Waals surface area contributed by atoms with Gasteiger partial charge in [0.25, 0.3) is 0 Å². The van der Waals surface area contributed by atoms with Gasteiger partial charge >= 0.3 is 6.09 Å². The molecule has 0 aliphatic carbocycles. The fourth-order valence-corrected chi connectivity index (χ4v) is 3.78. The number of carbonyl (C=O) groups excluding carboxylic acids is 3. The van der Waals surface area contributed by atoms with Crippen LogP contribution < -0.4 is 0 Å². The molecule has 1 aromatic rings. The van der Waals surface area contributed by atoms with Crippen LogP contribution in [0.2, 0.25) is 0 Å². The van der Waals surface area contributed by atoms with E-state index in [2.05, 4.69) is 12.1 Å². The van der Waals surface area contributed by atoms with Crippen LogP contribution in [-0.4, -0.2) is 78.5 Å². The zero-order valence-corrected chi connectivity index (χ0v) is 15.8. The summed E-state index contributed by atoms with van der Waals surface area (Å²) in [6.45, 7) is 2.29. The summed E-state index contributed by atoms with van der Waals surface area (Å²) in [6, 6.07) is 9.54. The van der Waals surface area contributed by atoms with Gasteiger partial charge in [0.2, 0.25) is 11.8 Å². The first kappa shape index (κ1) is 19.2. The molecule has 2 saturated heterocycles. The Morgan fingerprint density at radius 1 is 1.11 bits per heavy atom. The van der Waals surface area contributed by atoms with Crippen LogP contribution >= 0.6 is 0 Å². The Bertz CT molecular complexity index is 679. The van der Waals surface area contributed by atoms with Gasteiger partial charge in [0.1, 0.15) is 6.04 Å². The van der Waals surface area contributed by atoms with Crippen molar-refractivity contribution in [2.45, 2.75) is 31.7 Å². The highest BCUT2D eigenvalue weighted by Crippen LogP contribution is 2.21. The van der Waals surface area contributed by atoms with Gasteiger partial charge in [-0.1, -0.05) is 30.3 Å². The lowest BCUT2D eigenvalue weighted by molar-refractivity contribution is -0.148. The van der Waals surface area contributed by atoms with Gasteiger partial charge in [-0.15, -0.1) is 0 Å². The molecular weight excluding hydrogens is 346 g/mol. The van der Waals surface area contributed by atoms with Crippen LogP contribution in [0.4, 0.5) is 4.79 Å². The molecule has 1 atom stereocenters. The second kappa shape index (κ2) is 8.88. The van der Waals surface area contributed by atoms with Gasteiger partial charge in [-0.05, 0) is 31.2 Å². The van der Waals surface area contributed by atoms with Crippen molar-refractivity contribution in [2.24, 2.45) is 0 Å². The Morgan fingerprint density at radius 2 is 1.89 bits per heavy atom. The predicted molar refractivity (Wildman–Crippen MR) is 100 cm³/mol. The first-order valence-corrected chi connectivity index (χ1v) is 9.55. The van der Waals surface area contributed by atoms with Crippen molar-refractivity contribution in [3.8, 4) is 0 Å². The van der Waals surface area contributed by atoms with Crippen molar-refractivity contribution in [1.82, 2.24) is 14.7 Å². The number of rotatable bonds is 4. The summed E-state index contributed by atoms with van der Waals surface area (Å²) in [7, 11) is 1.33. The number of hydrogen-bond donors (Lipinski definition) is 0. The van der Waals surface area contributed by atoms with E-state index in [0.29, 0.717) is 32.6 Å². The summed E-state index contributed by atoms with van der Waals surface area (Å²) < 4.78 is 4.81. The SMILES string of the molecule is COC(=O)N1CCCC[C@@H]1C(=O)N1CCN(CCc2ccccc2)C(=O)C1. The molecule has 0 unspecified atom stereocenters. The van der Waals surface area contributed by atoms with E-state index in [1.165, 1.54) is 17.6 Å². The third-order valence-electron chi connectivity index (χ3n) is 5.34. The van der Waals surface area contributed by atoms with Crippen LogP contribution in [0.3, 0.4) is 0 Å². The second-order valence-electron chi connectivity index (χ2n) is 7.05. The molecule has 0 radical (unpaired) electrons. The maximum atomic E-state index is 12.9. The third-order valence-corrected chi connectivity index (χ3v) is 5.34. The number of benzene rings is 1. The molecule has 7 nitrogen and oxygen atoms in total. The fraction of sp³-hybridized carbons (Fsp3) is 0.550. The van der Waals surface area contributed by atoms with Gasteiger partial charge in [-0.25, -0.2) is 4.79 Å². The van der Waals surface area contributed by atoms with Crippen molar-refractivity contribution in [3.63, 3.8) is 0 Å². The standard InChI is InChI=1S/C20H27N3O4/c1-27-20(26)23-11-6-5-9-17(23)19(25)22-14-13-21(18(24)15-22)12-10-16-7-3-2-4-8-16/h2-4,7-8,17H,5-6,9-15H2,1H3/t17-/m1/s1. The molecule has 0 N–H and O–H groups in total. The number of likely N-dealkylation sites (tertiary alicyclic amines) is 1. The molecular formula is C20H27N3O4. The minimum Gasteiger partial charge on any atom is -0.453 e. The number of amides is 3. The Hall–Kier alpha value is -2.57. The zero-order valence-electron chi connectivity index (χ0n) is 15.8. The molecule has 27 heavy (non-hydrogen) atoms. The number of piperidine rings is 1. The molecule has 2 aliphatic rings. The lowest BCUT2D eigenvalue weighted by Crippen LogP contribution is -2.58. The molecule has 146 valence electrons. The summed E-state index contributed by atoms with van der Waals surface area (Å²) in [5.41, 5.74) is 1.19. The Labute approximate surface area is 159 Å². The molecule has 7 heteroatoms. The molecule has 0 saturated carbocycles. The van der Waals surface area contributed by atoms with Gasteiger partial charge in [-0.3, -0.25) is 14.5 Å². The first-order chi connectivity index (χ1) is 13.1. The maximum absolute atomic E-state index is 12.9. The largest absolute Gasteiger partial charge is 0.453 e. The summed E-state index contributed by atoms with van der Waals surface area (Å²) >= 11 is 0. The van der Waals surface area contributed by atoms with E-state index in [0.717, 1.165) is 19.3 Å². The highest BCUT2D eigenvalue weighted by Gasteiger charge is 2.37. The summed E-state index contributed by atoms with van der Waals surface area (Å²) in [4.78, 5) is 42.3. The summed E-state index contributed by atoms with van der Waals surface area (Å²) in [5, 5.41) is 0. The molecule has 3 amide bonds. The van der Waals surface area contributed by atoms with Crippen LogP contribution in [0, 0.1) is 0 Å². The Morgan fingerprint density at radius 3 is 2.59 bits per heavy atom. The summed E-state index contributed by atoms with van der Waals surface area (Å²) in [5.74, 6) is -0.179. The van der Waals surface area contributed by atoms with Crippen molar-refractivity contribution in [2.75, 3.05) is 39.8 Å². The Kier molecular flexibility index (Phi) is 6.32. The first-order valence-electron chi connectivity index (χ1n) is 9.55. The molecule has 3 rings (SSSR count). The number of ether oxygens (including phenoxy) is 1. The van der Waals surface area contributed by atoms with Crippen LogP contribution in [0.15, 0.2) is 30.3 Å². The fourth-order valence-electron chi connectivity index (χ4n) is 3.78. The smallest absolute Gasteiger partial charge is 0.410 e. The van der Waals surface area contributed by atoms with E-state index in [1.807, 2.05) is 23.1 Å². The lowest BCUT2D eigenvalue weighted by Gasteiger charge is -2.39. The van der Waals surface area contributed by atoms with Crippen LogP contribution in [-0.2, 0) is 20.7 Å². The van der Waals surface area contributed by atoms with Gasteiger partial charge < -0.3 is 14.5 Å². The number of nitrogens with zero attached hydrogens (tertiary/aromatic N) is 3. The third kappa shape index (κ3) is 4.59. The molecule has 1 aromatic carbocycles. The quantitative estimate of drug-likeness (QED) is 0.802. The van der Waals surface area contributed by atoms with E-state index >= 15 is 0 Å². The highest BCUT2D eigenvalue weighted by molar-refractivity contribution is 5.90. The monoisotopic (exact) mass is 373 g/mol. The number of hydrogen-bond acceptors (Lipinski definition) is 4. The highest BCUT2D eigenvalue weighted by atomic mass is 16.5. The van der Waals surface area contributed by atoms with E-state index in [9.17, 15) is 14.4 Å². The topological polar surface area (TPSA) is 70.2 Å². The van der Waals surface area contributed by atoms with E-state index in [1.54, 1.807) is 4.90 Å². The molecule has 0 aromatic heterocycles. The predicted octanol–water partition coefficient (Wildman–Crippen LogP) is 1.52. The number of carbonyl (C=O) groups is 3. The van der Waals surface area contributed by atoms with E-state index in [4.69, 9.17) is 4.74 Å². The number of piperazine rings is 1. The van der Waals surface area contributed by atoms with Gasteiger partial charge in [0, 0.05) is 26.2 Å². The van der Waals surface area contributed by atoms with Gasteiger partial charge in [0.05, 0.1) is 13.7 Å². The molecule has 2 heterocycles. The lowest BCUT2D eigenvalue weighted by atomic mass is 10.0. The molecule has 0 spiro atoms. The average Bonchev–Trinajstić information content (AvgIpc) is 2.72. The van der Waals surface area contributed by atoms with Gasteiger partial charge in [-0.2, -0.15) is 0 Å². The normalized spacial score (nSPS) is 20.6. The van der Waals surface area contributed by atoms with Crippen molar-refractivity contribution in [3.05, 3.63) is 35.9 Å². The average molecular weight is 373 g/mol. The van der Waals surface area contributed by atoms with E-state index < -0.39 is 12.1 Å². The van der Waals surface area contributed by atoms with Crippen LogP contribution in [0.5, 0.6) is 0 Å². The van der Waals surface area contributed by atoms with Crippen LogP contribution in [0.25, 0.3) is 0 Å². The number of methoxy groups -OCH3 is 1. The van der Waals surface area contributed by atoms with Crippen LogP contribution in [0.1, 0.15) is 24.8 Å². The summed E-state index contributed by atoms with van der Waals surface area (Å²) in [6.07, 6.45) is 2.72. The van der Waals surface area contributed by atoms with Crippen molar-refractivity contribution >= 4 is 17.9 Å². The Balaban J connectivity index is 1.55. The van der Waals surface area contributed by atoms with E-state index in [-0.39, 0.29) is 18.4 Å². The zero-order chi connectivity index (χ0) is 19.2. The van der Waals surface area contributed by atoms with Crippen molar-refractivity contribution < 1.29 is 19.1 Å². The molecule has 2 fully saturated rings. The second-order valence-corrected chi connectivity index (χ2v) is 7.05. The molecule has 2 aliphatic heterocycles. The minimum atomic E-state index is -0.519. The van der Waals surface area contributed by atoms with Gasteiger partial charge in [0.15, 0.2) is 0 Å². The van der Waals surface area contributed by atoms with Crippen molar-refractivity contribution in [1.29, 1.82) is 0 Å². The maximum Gasteiger partial charge on any atom is 0.410 e. The molecule has 0 bridgehead atoms. The minimum absolute atomic E-state index is 0.0361.